The van der Waals surface area contributed by atoms with Gasteiger partial charge in [0, 0.05) is 30.2 Å². The number of nitrogens with zero attached hydrogens (tertiary/aromatic N) is 3. The van der Waals surface area contributed by atoms with Crippen LogP contribution < -0.4 is 5.32 Å². The van der Waals surface area contributed by atoms with Crippen LogP contribution in [0.3, 0.4) is 0 Å². The third kappa shape index (κ3) is 3.97. The molecule has 8 nitrogen and oxygen atoms in total. The third-order valence-electron chi connectivity index (χ3n) is 4.93. The fourth-order valence-corrected chi connectivity index (χ4v) is 4.45. The van der Waals surface area contributed by atoms with Crippen molar-refractivity contribution in [3.8, 4) is 0 Å². The van der Waals surface area contributed by atoms with Crippen LogP contribution in [0.1, 0.15) is 44.9 Å². The second kappa shape index (κ2) is 7.53. The van der Waals surface area contributed by atoms with Gasteiger partial charge in [-0.3, -0.25) is 14.4 Å². The lowest BCUT2D eigenvalue weighted by molar-refractivity contribution is -0.150. The summed E-state index contributed by atoms with van der Waals surface area (Å²) in [7, 11) is 1.36. The fraction of sp³-hybridized carbons (Fsp3) is 0.667. The zero-order chi connectivity index (χ0) is 19.8. The average Bonchev–Trinajstić information content (AvgIpc) is 3.22. The number of ether oxygens (including phenoxy) is 1. The molecule has 0 atom stereocenters. The zero-order valence-corrected chi connectivity index (χ0v) is 17.0. The summed E-state index contributed by atoms with van der Waals surface area (Å²) in [6.07, 6.45) is 1.02. The maximum Gasteiger partial charge on any atom is 0.315 e. The molecule has 0 spiro atoms. The van der Waals surface area contributed by atoms with Gasteiger partial charge in [-0.15, -0.1) is 0 Å². The number of rotatable bonds is 2. The Morgan fingerprint density at radius 1 is 1.19 bits per heavy atom. The molecule has 3 rings (SSSR count). The van der Waals surface area contributed by atoms with Gasteiger partial charge in [0.15, 0.2) is 0 Å². The summed E-state index contributed by atoms with van der Waals surface area (Å²) in [6, 6.07) is 0. The summed E-state index contributed by atoms with van der Waals surface area (Å²) >= 11 is 1.75. The van der Waals surface area contributed by atoms with Gasteiger partial charge in [0.1, 0.15) is 5.82 Å². The van der Waals surface area contributed by atoms with Crippen molar-refractivity contribution in [1.82, 2.24) is 14.7 Å². The Kier molecular flexibility index (Phi) is 5.50. The molecule has 0 aliphatic carbocycles. The SMILES string of the molecule is COC(=O)C1CCN(C(=O)C(=O)Nc2c3c(nn2C(C)(C)C)CSC3)CC1. The number of carbonyl (C=O) groups is 3. The normalized spacial score (nSPS) is 17.6. The number of carbonyl (C=O) groups excluding carboxylic acids is 3. The molecule has 0 radical (unpaired) electrons. The number of fused-ring (bicyclic) bond motifs is 1. The second-order valence-corrected chi connectivity index (χ2v) is 8.88. The fourth-order valence-electron chi connectivity index (χ4n) is 3.42. The van der Waals surface area contributed by atoms with Crippen molar-refractivity contribution in [2.45, 2.75) is 50.7 Å². The van der Waals surface area contributed by atoms with E-state index < -0.39 is 11.8 Å². The van der Waals surface area contributed by atoms with E-state index in [1.807, 2.05) is 20.8 Å². The van der Waals surface area contributed by atoms with E-state index in [-0.39, 0.29) is 17.4 Å². The van der Waals surface area contributed by atoms with Crippen LogP contribution in [0, 0.1) is 5.92 Å². The molecule has 1 aromatic rings. The summed E-state index contributed by atoms with van der Waals surface area (Å²) in [5, 5.41) is 7.44. The van der Waals surface area contributed by atoms with Gasteiger partial charge in [0.2, 0.25) is 0 Å². The van der Waals surface area contributed by atoms with E-state index in [0.717, 1.165) is 22.8 Å². The van der Waals surface area contributed by atoms with Crippen LogP contribution >= 0.6 is 11.8 Å². The topological polar surface area (TPSA) is 93.5 Å². The van der Waals surface area contributed by atoms with E-state index in [9.17, 15) is 14.4 Å². The molecule has 2 amide bonds. The third-order valence-corrected chi connectivity index (χ3v) is 5.90. The van der Waals surface area contributed by atoms with Crippen LogP contribution in [0.5, 0.6) is 0 Å². The average molecular weight is 394 g/mol. The molecule has 9 heteroatoms. The minimum atomic E-state index is -0.656. The summed E-state index contributed by atoms with van der Waals surface area (Å²) < 4.78 is 6.55. The molecule has 1 fully saturated rings. The summed E-state index contributed by atoms with van der Waals surface area (Å²) in [4.78, 5) is 38.3. The number of anilines is 1. The van der Waals surface area contributed by atoms with Crippen molar-refractivity contribution in [2.24, 2.45) is 5.92 Å². The van der Waals surface area contributed by atoms with E-state index in [0.29, 0.717) is 31.7 Å². The van der Waals surface area contributed by atoms with Gasteiger partial charge in [-0.25, -0.2) is 4.68 Å². The van der Waals surface area contributed by atoms with Crippen LogP contribution in [0.15, 0.2) is 0 Å². The van der Waals surface area contributed by atoms with Gasteiger partial charge in [0.25, 0.3) is 0 Å². The molecule has 0 saturated carbocycles. The van der Waals surface area contributed by atoms with Crippen molar-refractivity contribution < 1.29 is 19.1 Å². The molecule has 2 aliphatic heterocycles. The number of nitrogens with one attached hydrogen (secondary N) is 1. The first-order chi connectivity index (χ1) is 12.7. The first-order valence-corrected chi connectivity index (χ1v) is 10.2. The lowest BCUT2D eigenvalue weighted by Crippen LogP contribution is -2.45. The van der Waals surface area contributed by atoms with Gasteiger partial charge < -0.3 is 15.0 Å². The molecule has 1 N–H and O–H groups in total. The maximum atomic E-state index is 12.6. The number of piperidine rings is 1. The highest BCUT2D eigenvalue weighted by Gasteiger charge is 2.33. The van der Waals surface area contributed by atoms with Crippen LogP contribution in [0.4, 0.5) is 5.82 Å². The second-order valence-electron chi connectivity index (χ2n) is 7.89. The Labute approximate surface area is 163 Å². The Morgan fingerprint density at radius 2 is 1.85 bits per heavy atom. The van der Waals surface area contributed by atoms with E-state index >= 15 is 0 Å². The molecular formula is C18H26N4O4S. The minimum Gasteiger partial charge on any atom is -0.469 e. The summed E-state index contributed by atoms with van der Waals surface area (Å²) in [5.74, 6) is 0.524. The highest BCUT2D eigenvalue weighted by molar-refractivity contribution is 7.98. The first-order valence-electron chi connectivity index (χ1n) is 9.09. The largest absolute Gasteiger partial charge is 0.469 e. The minimum absolute atomic E-state index is 0.204. The van der Waals surface area contributed by atoms with Crippen molar-refractivity contribution in [3.05, 3.63) is 11.3 Å². The van der Waals surface area contributed by atoms with Crippen LogP contribution in [-0.2, 0) is 36.2 Å². The number of methoxy groups -OCH3 is 1. The Hall–Kier alpha value is -2.03. The number of hydrogen-bond acceptors (Lipinski definition) is 6. The van der Waals surface area contributed by atoms with Crippen LogP contribution in [0.2, 0.25) is 0 Å². The lowest BCUT2D eigenvalue weighted by atomic mass is 9.97. The Morgan fingerprint density at radius 3 is 2.44 bits per heavy atom. The number of aromatic nitrogens is 2. The number of amides is 2. The number of likely N-dealkylation sites (tertiary alicyclic amines) is 1. The first kappa shape index (κ1) is 19.7. The smallest absolute Gasteiger partial charge is 0.315 e. The molecule has 148 valence electrons. The summed E-state index contributed by atoms with van der Waals surface area (Å²) in [6.45, 7) is 6.78. The standard InChI is InChI=1S/C18H26N4O4S/c1-18(2,3)22-14(12-9-27-10-13(12)20-22)19-15(23)16(24)21-7-5-11(6-8-21)17(25)26-4/h11H,5-10H2,1-4H3,(H,19,23). The quantitative estimate of drug-likeness (QED) is 0.607. The molecule has 0 unspecified atom stereocenters. The number of esters is 1. The molecular weight excluding hydrogens is 368 g/mol. The van der Waals surface area contributed by atoms with E-state index in [1.165, 1.54) is 12.0 Å². The molecule has 1 aromatic heterocycles. The maximum absolute atomic E-state index is 12.6. The Balaban J connectivity index is 1.70. The van der Waals surface area contributed by atoms with Gasteiger partial charge in [0.05, 0.1) is 24.3 Å². The Bertz CT molecular complexity index is 760. The van der Waals surface area contributed by atoms with E-state index in [4.69, 9.17) is 4.74 Å². The molecule has 0 aromatic carbocycles. The highest BCUT2D eigenvalue weighted by Crippen LogP contribution is 2.37. The van der Waals surface area contributed by atoms with Crippen molar-refractivity contribution in [2.75, 3.05) is 25.5 Å². The van der Waals surface area contributed by atoms with Crippen LogP contribution in [-0.4, -0.2) is 52.7 Å². The molecule has 2 aliphatic rings. The van der Waals surface area contributed by atoms with Gasteiger partial charge >= 0.3 is 17.8 Å². The predicted octanol–water partition coefficient (Wildman–Crippen LogP) is 1.73. The van der Waals surface area contributed by atoms with Gasteiger partial charge in [-0.05, 0) is 33.6 Å². The van der Waals surface area contributed by atoms with Crippen molar-refractivity contribution >= 4 is 35.4 Å². The lowest BCUT2D eigenvalue weighted by Gasteiger charge is -2.30. The molecule has 3 heterocycles. The van der Waals surface area contributed by atoms with Crippen molar-refractivity contribution in [1.29, 1.82) is 0 Å². The van der Waals surface area contributed by atoms with Gasteiger partial charge in [-0.2, -0.15) is 16.9 Å². The van der Waals surface area contributed by atoms with Crippen molar-refractivity contribution in [3.63, 3.8) is 0 Å². The van der Waals surface area contributed by atoms with E-state index in [1.54, 1.807) is 16.4 Å². The summed E-state index contributed by atoms with van der Waals surface area (Å²) in [5.41, 5.74) is 1.66. The zero-order valence-electron chi connectivity index (χ0n) is 16.2. The predicted molar refractivity (Wildman–Crippen MR) is 102 cm³/mol. The monoisotopic (exact) mass is 394 g/mol. The molecule has 1 saturated heterocycles. The number of thioether (sulfide) groups is 1. The molecule has 0 bridgehead atoms. The highest BCUT2D eigenvalue weighted by atomic mass is 32.2. The van der Waals surface area contributed by atoms with Crippen LogP contribution in [0.25, 0.3) is 0 Å². The number of hydrogen-bond donors (Lipinski definition) is 1. The molecule has 27 heavy (non-hydrogen) atoms. The van der Waals surface area contributed by atoms with Gasteiger partial charge in [-0.1, -0.05) is 0 Å². The van der Waals surface area contributed by atoms with E-state index in [2.05, 4.69) is 10.4 Å².